The third kappa shape index (κ3) is 2.77. The van der Waals surface area contributed by atoms with E-state index in [-0.39, 0.29) is 10.6 Å². The number of alkyl halides is 1. The molecule has 1 aromatic rings. The minimum Gasteiger partial charge on any atom is -0.298 e. The van der Waals surface area contributed by atoms with E-state index >= 15 is 0 Å². The lowest BCUT2D eigenvalue weighted by Gasteiger charge is -2.09. The Hall–Kier alpha value is 0.1000. The topological polar surface area (TPSA) is 17.1 Å². The molecule has 0 N–H and O–H groups in total. The van der Waals surface area contributed by atoms with Crippen LogP contribution in [0.25, 0.3) is 0 Å². The number of aryl methyl sites for hydroxylation is 1. The summed E-state index contributed by atoms with van der Waals surface area (Å²) in [6, 6.07) is 6.09. The number of carbonyl (C=O) groups is 1. The first-order chi connectivity index (χ1) is 6.02. The van der Waals surface area contributed by atoms with Gasteiger partial charge in [-0.2, -0.15) is 0 Å². The first-order valence-electron chi connectivity index (χ1n) is 3.93. The average Bonchev–Trinajstić information content (AvgIpc) is 2.03. The molecule has 0 aromatic heterocycles. The molecule has 0 aliphatic heterocycles. The Morgan fingerprint density at radius 2 is 2.15 bits per heavy atom. The van der Waals surface area contributed by atoms with E-state index in [0.29, 0.717) is 0 Å². The van der Waals surface area contributed by atoms with Crippen molar-refractivity contribution in [2.45, 2.75) is 18.7 Å². The van der Waals surface area contributed by atoms with Gasteiger partial charge in [0.05, 0.1) is 4.83 Å². The summed E-state index contributed by atoms with van der Waals surface area (Å²) in [6.07, 6.45) is 0. The van der Waals surface area contributed by atoms with Gasteiger partial charge in [-0.15, -0.1) is 0 Å². The molecular formula is C10H10BrIO. The van der Waals surface area contributed by atoms with Crippen LogP contribution < -0.4 is 0 Å². The molecule has 0 aliphatic rings. The Bertz CT molecular complexity index is 336. The maximum atomic E-state index is 11.1. The molecular weight excluding hydrogens is 343 g/mol. The van der Waals surface area contributed by atoms with Crippen molar-refractivity contribution in [2.24, 2.45) is 0 Å². The van der Waals surface area contributed by atoms with E-state index in [1.165, 1.54) is 3.57 Å². The number of rotatable bonds is 2. The molecule has 13 heavy (non-hydrogen) atoms. The Morgan fingerprint density at radius 3 is 2.62 bits per heavy atom. The molecule has 1 aromatic carbocycles. The Labute approximate surface area is 100 Å². The number of ketones is 1. The van der Waals surface area contributed by atoms with E-state index < -0.39 is 0 Å². The third-order valence-electron chi connectivity index (χ3n) is 1.86. The smallest absolute Gasteiger partial charge is 0.147 e. The lowest BCUT2D eigenvalue weighted by molar-refractivity contribution is -0.116. The average molecular weight is 353 g/mol. The van der Waals surface area contributed by atoms with Crippen molar-refractivity contribution in [1.82, 2.24) is 0 Å². The fourth-order valence-electron chi connectivity index (χ4n) is 1.14. The highest BCUT2D eigenvalue weighted by Crippen LogP contribution is 2.27. The van der Waals surface area contributed by atoms with E-state index in [2.05, 4.69) is 44.6 Å². The second-order valence-electron chi connectivity index (χ2n) is 2.97. The van der Waals surface area contributed by atoms with Crippen LogP contribution in [0.2, 0.25) is 0 Å². The van der Waals surface area contributed by atoms with Gasteiger partial charge in [0, 0.05) is 3.57 Å². The molecule has 1 atom stereocenters. The number of halogens is 2. The molecule has 3 heteroatoms. The van der Waals surface area contributed by atoms with Gasteiger partial charge in [0.25, 0.3) is 0 Å². The van der Waals surface area contributed by atoms with E-state index in [4.69, 9.17) is 0 Å². The van der Waals surface area contributed by atoms with Gasteiger partial charge in [-0.1, -0.05) is 22.0 Å². The molecule has 0 fully saturated rings. The van der Waals surface area contributed by atoms with Gasteiger partial charge in [0.2, 0.25) is 0 Å². The summed E-state index contributed by atoms with van der Waals surface area (Å²) >= 11 is 5.64. The Kier molecular flexibility index (Phi) is 3.91. The number of hydrogen-bond donors (Lipinski definition) is 0. The second-order valence-corrected chi connectivity index (χ2v) is 5.14. The van der Waals surface area contributed by atoms with Crippen molar-refractivity contribution in [2.75, 3.05) is 0 Å². The number of Topliss-reactive ketones (excluding diaryl/α,β-unsaturated/α-hetero) is 1. The van der Waals surface area contributed by atoms with Crippen LogP contribution in [0.4, 0.5) is 0 Å². The Morgan fingerprint density at radius 1 is 1.54 bits per heavy atom. The summed E-state index contributed by atoms with van der Waals surface area (Å²) in [6.45, 7) is 3.62. The summed E-state index contributed by atoms with van der Waals surface area (Å²) in [4.78, 5) is 11.0. The second kappa shape index (κ2) is 4.55. The van der Waals surface area contributed by atoms with Gasteiger partial charge in [-0.05, 0) is 59.7 Å². The van der Waals surface area contributed by atoms with E-state index in [9.17, 15) is 4.79 Å². The highest BCUT2D eigenvalue weighted by atomic mass is 127. The number of carbonyl (C=O) groups excluding carboxylic acids is 1. The van der Waals surface area contributed by atoms with Crippen LogP contribution in [0.15, 0.2) is 18.2 Å². The van der Waals surface area contributed by atoms with Crippen LogP contribution >= 0.6 is 38.5 Å². The van der Waals surface area contributed by atoms with Crippen LogP contribution in [0.1, 0.15) is 22.9 Å². The van der Waals surface area contributed by atoms with Gasteiger partial charge in [-0.3, -0.25) is 4.79 Å². The summed E-state index contributed by atoms with van der Waals surface area (Å²) in [5.41, 5.74) is 2.22. The summed E-state index contributed by atoms with van der Waals surface area (Å²) in [7, 11) is 0. The summed E-state index contributed by atoms with van der Waals surface area (Å²) in [5.74, 6) is 0.143. The monoisotopic (exact) mass is 352 g/mol. The fourth-order valence-corrected chi connectivity index (χ4v) is 2.30. The zero-order chi connectivity index (χ0) is 10.0. The Balaban J connectivity index is 3.08. The molecule has 1 unspecified atom stereocenters. The van der Waals surface area contributed by atoms with Crippen molar-refractivity contribution in [3.63, 3.8) is 0 Å². The molecule has 0 heterocycles. The largest absolute Gasteiger partial charge is 0.298 e. The molecule has 0 radical (unpaired) electrons. The van der Waals surface area contributed by atoms with E-state index in [1.807, 2.05) is 19.1 Å². The standard InChI is InChI=1S/C10H10BrIO/c1-6-5-8(12)3-4-9(6)10(11)7(2)13/h3-5,10H,1-2H3. The summed E-state index contributed by atoms with van der Waals surface area (Å²) in [5, 5.41) is 0. The zero-order valence-electron chi connectivity index (χ0n) is 7.47. The van der Waals surface area contributed by atoms with Crippen molar-refractivity contribution in [1.29, 1.82) is 0 Å². The van der Waals surface area contributed by atoms with Crippen LogP contribution in [-0.4, -0.2) is 5.78 Å². The first-order valence-corrected chi connectivity index (χ1v) is 5.92. The maximum Gasteiger partial charge on any atom is 0.147 e. The zero-order valence-corrected chi connectivity index (χ0v) is 11.2. The van der Waals surface area contributed by atoms with Gasteiger partial charge in [0.1, 0.15) is 5.78 Å². The fraction of sp³-hybridized carbons (Fsp3) is 0.300. The quantitative estimate of drug-likeness (QED) is 0.586. The molecule has 0 spiro atoms. The summed E-state index contributed by atoms with van der Waals surface area (Å²) < 4.78 is 1.20. The number of hydrogen-bond acceptors (Lipinski definition) is 1. The van der Waals surface area contributed by atoms with Crippen LogP contribution in [0, 0.1) is 10.5 Å². The van der Waals surface area contributed by atoms with Gasteiger partial charge in [-0.25, -0.2) is 0 Å². The van der Waals surface area contributed by atoms with Crippen LogP contribution in [-0.2, 0) is 4.79 Å². The predicted octanol–water partition coefficient (Wildman–Crippen LogP) is 3.62. The third-order valence-corrected chi connectivity index (χ3v) is 3.67. The molecule has 0 saturated heterocycles. The highest BCUT2D eigenvalue weighted by Gasteiger charge is 2.14. The molecule has 70 valence electrons. The molecule has 1 rings (SSSR count). The van der Waals surface area contributed by atoms with Gasteiger partial charge < -0.3 is 0 Å². The van der Waals surface area contributed by atoms with E-state index in [0.717, 1.165) is 11.1 Å². The first kappa shape index (κ1) is 11.2. The van der Waals surface area contributed by atoms with E-state index in [1.54, 1.807) is 6.92 Å². The number of benzene rings is 1. The molecule has 1 nitrogen and oxygen atoms in total. The lowest BCUT2D eigenvalue weighted by atomic mass is 10.0. The van der Waals surface area contributed by atoms with Crippen LogP contribution in [0.3, 0.4) is 0 Å². The van der Waals surface area contributed by atoms with Crippen molar-refractivity contribution in [3.05, 3.63) is 32.9 Å². The minimum absolute atomic E-state index is 0.143. The van der Waals surface area contributed by atoms with Crippen LogP contribution in [0.5, 0.6) is 0 Å². The van der Waals surface area contributed by atoms with Crippen molar-refractivity contribution >= 4 is 44.3 Å². The SMILES string of the molecule is CC(=O)C(Br)c1ccc(I)cc1C. The molecule has 0 saturated carbocycles. The highest BCUT2D eigenvalue weighted by molar-refractivity contribution is 14.1. The normalized spacial score (nSPS) is 12.6. The lowest BCUT2D eigenvalue weighted by Crippen LogP contribution is -2.03. The minimum atomic E-state index is -0.163. The van der Waals surface area contributed by atoms with Gasteiger partial charge in [0.15, 0.2) is 0 Å². The molecule has 0 aliphatic carbocycles. The predicted molar refractivity (Wildman–Crippen MR) is 66.2 cm³/mol. The van der Waals surface area contributed by atoms with Crippen molar-refractivity contribution < 1.29 is 4.79 Å². The molecule has 0 bridgehead atoms. The molecule has 0 amide bonds. The van der Waals surface area contributed by atoms with Crippen molar-refractivity contribution in [3.8, 4) is 0 Å². The maximum absolute atomic E-state index is 11.1. The van der Waals surface area contributed by atoms with Gasteiger partial charge >= 0.3 is 0 Å².